The fraction of sp³-hybridized carbons (Fsp3) is 0.588. The summed E-state index contributed by atoms with van der Waals surface area (Å²) in [5.41, 5.74) is 0.490. The van der Waals surface area contributed by atoms with Crippen LogP contribution in [0.2, 0.25) is 0 Å². The Hall–Kier alpha value is -1.47. The van der Waals surface area contributed by atoms with E-state index in [-0.39, 0.29) is 25.7 Å². The van der Waals surface area contributed by atoms with Crippen LogP contribution in [0.3, 0.4) is 0 Å². The number of carbonyl (C=O) groups is 1. The molecular formula is C17H22O6. The van der Waals surface area contributed by atoms with Crippen molar-refractivity contribution in [3.05, 3.63) is 35.9 Å². The summed E-state index contributed by atoms with van der Waals surface area (Å²) in [5, 5.41) is 10.3. The van der Waals surface area contributed by atoms with Crippen LogP contribution in [0.4, 0.5) is 0 Å². The molecule has 1 aromatic carbocycles. The highest BCUT2D eigenvalue weighted by Gasteiger charge is 2.51. The maximum Gasteiger partial charge on any atom is 0.338 e. The van der Waals surface area contributed by atoms with Gasteiger partial charge in [-0.2, -0.15) is 0 Å². The lowest BCUT2D eigenvalue weighted by Gasteiger charge is -2.39. The van der Waals surface area contributed by atoms with Gasteiger partial charge in [0.2, 0.25) is 0 Å². The predicted octanol–water partition coefficient (Wildman–Crippen LogP) is 1.72. The molecule has 6 nitrogen and oxygen atoms in total. The first-order valence-electron chi connectivity index (χ1n) is 7.77. The number of ether oxygens (including phenoxy) is 4. The smallest absolute Gasteiger partial charge is 0.338 e. The Labute approximate surface area is 135 Å². The lowest BCUT2D eigenvalue weighted by atomic mass is 9.94. The summed E-state index contributed by atoms with van der Waals surface area (Å²) in [6, 6.07) is 8.77. The van der Waals surface area contributed by atoms with Crippen molar-refractivity contribution in [2.45, 2.75) is 37.9 Å². The molecule has 0 amide bonds. The summed E-state index contributed by atoms with van der Waals surface area (Å²) in [6.07, 6.45) is -0.380. The largest absolute Gasteiger partial charge is 0.462 e. The van der Waals surface area contributed by atoms with Gasteiger partial charge in [-0.1, -0.05) is 18.2 Å². The Kier molecular flexibility index (Phi) is 4.42. The molecular weight excluding hydrogens is 300 g/mol. The Balaban J connectivity index is 1.52. The summed E-state index contributed by atoms with van der Waals surface area (Å²) in [6.45, 7) is 4.27. The third-order valence-electron chi connectivity index (χ3n) is 4.13. The molecule has 126 valence electrons. The molecule has 1 N–H and O–H groups in total. The normalized spacial score (nSPS) is 32.8. The molecule has 23 heavy (non-hydrogen) atoms. The molecule has 3 rings (SSSR count). The molecule has 0 bridgehead atoms. The SMILES string of the molecule is CC1(C)OC[C@@]2(C[C@H](O)[C@H](COC(=O)c3ccccc3)CO2)O1. The van der Waals surface area contributed by atoms with Crippen LogP contribution in [0.5, 0.6) is 0 Å². The number of aliphatic hydroxyl groups is 1. The molecule has 0 aromatic heterocycles. The average molecular weight is 322 g/mol. The lowest BCUT2D eigenvalue weighted by Crippen LogP contribution is -2.50. The highest BCUT2D eigenvalue weighted by atomic mass is 16.8. The average Bonchev–Trinajstić information content (AvgIpc) is 2.82. The highest BCUT2D eigenvalue weighted by Crippen LogP contribution is 2.39. The second kappa shape index (κ2) is 6.20. The summed E-state index contributed by atoms with van der Waals surface area (Å²) in [4.78, 5) is 11.9. The Morgan fingerprint density at radius 1 is 1.30 bits per heavy atom. The zero-order chi connectivity index (χ0) is 16.5. The zero-order valence-corrected chi connectivity index (χ0v) is 13.4. The van der Waals surface area contributed by atoms with Crippen molar-refractivity contribution < 1.29 is 28.8 Å². The van der Waals surface area contributed by atoms with Crippen LogP contribution >= 0.6 is 0 Å². The molecule has 0 aliphatic carbocycles. The maximum absolute atomic E-state index is 11.9. The quantitative estimate of drug-likeness (QED) is 0.854. The van der Waals surface area contributed by atoms with Crippen LogP contribution in [-0.2, 0) is 18.9 Å². The molecule has 2 aliphatic heterocycles. The molecule has 1 spiro atoms. The minimum atomic E-state index is -0.900. The van der Waals surface area contributed by atoms with Gasteiger partial charge in [0.25, 0.3) is 0 Å². The number of benzene rings is 1. The van der Waals surface area contributed by atoms with Gasteiger partial charge >= 0.3 is 5.97 Å². The Bertz CT molecular complexity index is 557. The number of carbonyl (C=O) groups excluding carboxylic acids is 1. The minimum absolute atomic E-state index is 0.106. The van der Waals surface area contributed by atoms with Crippen molar-refractivity contribution in [3.63, 3.8) is 0 Å². The molecule has 2 saturated heterocycles. The van der Waals surface area contributed by atoms with E-state index in [0.29, 0.717) is 12.0 Å². The third-order valence-corrected chi connectivity index (χ3v) is 4.13. The van der Waals surface area contributed by atoms with Gasteiger partial charge in [-0.25, -0.2) is 4.79 Å². The van der Waals surface area contributed by atoms with E-state index in [2.05, 4.69) is 0 Å². The molecule has 0 saturated carbocycles. The first-order valence-corrected chi connectivity index (χ1v) is 7.77. The van der Waals surface area contributed by atoms with Gasteiger partial charge in [-0.05, 0) is 26.0 Å². The van der Waals surface area contributed by atoms with E-state index >= 15 is 0 Å². The second-order valence-electron chi connectivity index (χ2n) is 6.51. The molecule has 2 fully saturated rings. The monoisotopic (exact) mass is 322 g/mol. The molecule has 0 radical (unpaired) electrons. The van der Waals surface area contributed by atoms with Crippen LogP contribution < -0.4 is 0 Å². The summed E-state index contributed by atoms with van der Waals surface area (Å²) < 4.78 is 22.4. The minimum Gasteiger partial charge on any atom is -0.462 e. The molecule has 0 unspecified atom stereocenters. The van der Waals surface area contributed by atoms with Crippen LogP contribution in [0.1, 0.15) is 30.6 Å². The predicted molar refractivity (Wildman–Crippen MR) is 80.6 cm³/mol. The van der Waals surface area contributed by atoms with Gasteiger partial charge in [0.15, 0.2) is 11.6 Å². The lowest BCUT2D eigenvalue weighted by molar-refractivity contribution is -0.290. The standard InChI is InChI=1S/C17H22O6/c1-16(2)22-11-17(23-16)8-14(18)13(10-21-17)9-20-15(19)12-6-4-3-5-7-12/h3-7,13-14,18H,8-11H2,1-2H3/t13-,14+,17-/m1/s1. The van der Waals surface area contributed by atoms with E-state index < -0.39 is 23.6 Å². The van der Waals surface area contributed by atoms with E-state index in [0.717, 1.165) is 0 Å². The second-order valence-corrected chi connectivity index (χ2v) is 6.51. The van der Waals surface area contributed by atoms with E-state index in [1.54, 1.807) is 24.3 Å². The van der Waals surface area contributed by atoms with E-state index in [1.807, 2.05) is 19.9 Å². The van der Waals surface area contributed by atoms with E-state index in [4.69, 9.17) is 18.9 Å². The molecule has 3 atom stereocenters. The van der Waals surface area contributed by atoms with Gasteiger partial charge in [0.05, 0.1) is 24.9 Å². The van der Waals surface area contributed by atoms with Gasteiger partial charge in [-0.3, -0.25) is 0 Å². The van der Waals surface area contributed by atoms with Crippen molar-refractivity contribution in [3.8, 4) is 0 Å². The number of esters is 1. The highest BCUT2D eigenvalue weighted by molar-refractivity contribution is 5.89. The molecule has 2 heterocycles. The van der Waals surface area contributed by atoms with E-state index in [9.17, 15) is 9.90 Å². The first-order chi connectivity index (χ1) is 10.9. The summed E-state index contributed by atoms with van der Waals surface area (Å²) in [7, 11) is 0. The van der Waals surface area contributed by atoms with Gasteiger partial charge < -0.3 is 24.1 Å². The Morgan fingerprint density at radius 3 is 2.65 bits per heavy atom. The fourth-order valence-electron chi connectivity index (χ4n) is 2.88. The van der Waals surface area contributed by atoms with Crippen LogP contribution in [0.25, 0.3) is 0 Å². The number of rotatable bonds is 3. The van der Waals surface area contributed by atoms with Crippen LogP contribution in [0.15, 0.2) is 30.3 Å². The van der Waals surface area contributed by atoms with Gasteiger partial charge in [-0.15, -0.1) is 0 Å². The van der Waals surface area contributed by atoms with E-state index in [1.165, 1.54) is 0 Å². The van der Waals surface area contributed by atoms with Gasteiger partial charge in [0.1, 0.15) is 6.61 Å². The van der Waals surface area contributed by atoms with Crippen molar-refractivity contribution in [1.82, 2.24) is 0 Å². The number of aliphatic hydroxyl groups excluding tert-OH is 1. The maximum atomic E-state index is 11.9. The fourth-order valence-corrected chi connectivity index (χ4v) is 2.88. The topological polar surface area (TPSA) is 74.2 Å². The molecule has 1 aromatic rings. The Morgan fingerprint density at radius 2 is 2.04 bits per heavy atom. The zero-order valence-electron chi connectivity index (χ0n) is 13.4. The van der Waals surface area contributed by atoms with Gasteiger partial charge in [0, 0.05) is 12.3 Å². The number of hydrogen-bond acceptors (Lipinski definition) is 6. The first kappa shape index (κ1) is 16.4. The number of hydrogen-bond donors (Lipinski definition) is 1. The summed E-state index contributed by atoms with van der Waals surface area (Å²) in [5.74, 6) is -2.30. The molecule has 6 heteroatoms. The molecule has 2 aliphatic rings. The van der Waals surface area contributed by atoms with Crippen molar-refractivity contribution >= 4 is 5.97 Å². The van der Waals surface area contributed by atoms with Crippen molar-refractivity contribution in [2.75, 3.05) is 19.8 Å². The van der Waals surface area contributed by atoms with Crippen LogP contribution in [-0.4, -0.2) is 48.6 Å². The van der Waals surface area contributed by atoms with Crippen LogP contribution in [0, 0.1) is 5.92 Å². The van der Waals surface area contributed by atoms with Crippen molar-refractivity contribution in [2.24, 2.45) is 5.92 Å². The summed E-state index contributed by atoms with van der Waals surface area (Å²) >= 11 is 0. The van der Waals surface area contributed by atoms with Crippen molar-refractivity contribution in [1.29, 1.82) is 0 Å². The third kappa shape index (κ3) is 3.72.